The third-order valence-electron chi connectivity index (χ3n) is 7.71. The molecule has 2 aromatic rings. The number of carbonyl (C=O) groups is 3. The Balaban J connectivity index is 1.90. The zero-order valence-electron chi connectivity index (χ0n) is 22.3. The summed E-state index contributed by atoms with van der Waals surface area (Å²) in [6, 6.07) is 13.1. The van der Waals surface area contributed by atoms with Crippen molar-refractivity contribution in [3.8, 4) is 11.1 Å². The second-order valence-electron chi connectivity index (χ2n) is 10.6. The van der Waals surface area contributed by atoms with E-state index in [2.05, 4.69) is 57.2 Å². The van der Waals surface area contributed by atoms with Crippen LogP contribution in [0.25, 0.3) is 11.1 Å². The van der Waals surface area contributed by atoms with Gasteiger partial charge in [-0.3, -0.25) is 14.4 Å². The Morgan fingerprint density at radius 3 is 2.29 bits per heavy atom. The molecule has 1 aliphatic rings. The van der Waals surface area contributed by atoms with Gasteiger partial charge in [-0.1, -0.05) is 76.4 Å². The van der Waals surface area contributed by atoms with E-state index in [4.69, 9.17) is 0 Å². The van der Waals surface area contributed by atoms with Crippen LogP contribution in [-0.2, 0) is 22.4 Å². The molecule has 0 saturated carbocycles. The van der Waals surface area contributed by atoms with Gasteiger partial charge in [0.15, 0.2) is 5.78 Å². The second-order valence-corrected chi connectivity index (χ2v) is 10.6. The Hall–Kier alpha value is -2.55. The summed E-state index contributed by atoms with van der Waals surface area (Å²) in [6.07, 6.45) is 7.22. The predicted molar refractivity (Wildman–Crippen MR) is 144 cm³/mol. The summed E-state index contributed by atoms with van der Waals surface area (Å²) in [5.41, 5.74) is 6.81. The molecule has 0 spiro atoms. The van der Waals surface area contributed by atoms with Gasteiger partial charge in [-0.25, -0.2) is 0 Å². The van der Waals surface area contributed by atoms with E-state index in [0.717, 1.165) is 56.1 Å². The smallest absolute Gasteiger partial charge is 0.163 e. The Labute approximate surface area is 211 Å². The number of ketones is 3. The molecule has 0 amide bonds. The Kier molecular flexibility index (Phi) is 9.60. The fraction of sp³-hybridized carbons (Fsp3) is 0.531. The summed E-state index contributed by atoms with van der Waals surface area (Å²) >= 11 is 0. The molecule has 0 N–H and O–H groups in total. The van der Waals surface area contributed by atoms with Crippen molar-refractivity contribution in [1.82, 2.24) is 0 Å². The Morgan fingerprint density at radius 1 is 0.971 bits per heavy atom. The first-order valence-electron chi connectivity index (χ1n) is 13.6. The van der Waals surface area contributed by atoms with Crippen molar-refractivity contribution in [2.24, 2.45) is 17.8 Å². The highest BCUT2D eigenvalue weighted by Gasteiger charge is 2.33. The molecule has 1 aliphatic carbocycles. The van der Waals surface area contributed by atoms with Crippen LogP contribution in [0, 0.1) is 24.7 Å². The second kappa shape index (κ2) is 12.4. The van der Waals surface area contributed by atoms with Crippen molar-refractivity contribution >= 4 is 17.3 Å². The number of Topliss-reactive ketones (excluding diaryl/α,β-unsaturated/α-hetero) is 3. The van der Waals surface area contributed by atoms with Crippen LogP contribution in [0.4, 0.5) is 0 Å². The van der Waals surface area contributed by atoms with Crippen LogP contribution in [0.3, 0.4) is 0 Å². The SMILES string of the molecule is CCCc1ccc(-c2ccc(C)c3c2CC(CC(CCC)C(CC)C(=O)CC(C)=O)CC3=O)cc1. The minimum absolute atomic E-state index is 0.0303. The van der Waals surface area contributed by atoms with Gasteiger partial charge in [0, 0.05) is 17.9 Å². The topological polar surface area (TPSA) is 51.2 Å². The quantitative estimate of drug-likeness (QED) is 0.296. The Bertz CT molecular complexity index is 1050. The van der Waals surface area contributed by atoms with Gasteiger partial charge in [-0.2, -0.15) is 0 Å². The summed E-state index contributed by atoms with van der Waals surface area (Å²) in [5, 5.41) is 0. The van der Waals surface area contributed by atoms with E-state index in [1.165, 1.54) is 29.2 Å². The number of hydrogen-bond donors (Lipinski definition) is 0. The van der Waals surface area contributed by atoms with E-state index in [9.17, 15) is 14.4 Å². The van der Waals surface area contributed by atoms with E-state index in [-0.39, 0.29) is 41.5 Å². The van der Waals surface area contributed by atoms with Crippen LogP contribution in [-0.4, -0.2) is 17.3 Å². The van der Waals surface area contributed by atoms with E-state index in [0.29, 0.717) is 6.42 Å². The third-order valence-corrected chi connectivity index (χ3v) is 7.71. The molecule has 3 nitrogen and oxygen atoms in total. The average molecular weight is 475 g/mol. The minimum atomic E-state index is -0.0987. The molecule has 0 aromatic heterocycles. The number of carbonyl (C=O) groups excluding carboxylic acids is 3. The lowest BCUT2D eigenvalue weighted by atomic mass is 9.71. The summed E-state index contributed by atoms with van der Waals surface area (Å²) in [6.45, 7) is 9.93. The highest BCUT2D eigenvalue weighted by Crippen LogP contribution is 2.40. The Morgan fingerprint density at radius 2 is 1.69 bits per heavy atom. The normalized spacial score (nSPS) is 17.1. The molecule has 35 heavy (non-hydrogen) atoms. The molecular weight excluding hydrogens is 432 g/mol. The molecule has 0 radical (unpaired) electrons. The average Bonchev–Trinajstić information content (AvgIpc) is 2.80. The van der Waals surface area contributed by atoms with Gasteiger partial charge < -0.3 is 0 Å². The number of benzene rings is 2. The van der Waals surface area contributed by atoms with Crippen molar-refractivity contribution in [3.05, 3.63) is 58.7 Å². The van der Waals surface area contributed by atoms with E-state index in [1.54, 1.807) is 0 Å². The summed E-state index contributed by atoms with van der Waals surface area (Å²) in [5.74, 6) is 0.596. The maximum atomic E-state index is 13.4. The summed E-state index contributed by atoms with van der Waals surface area (Å²) in [7, 11) is 0. The molecule has 3 heteroatoms. The zero-order chi connectivity index (χ0) is 25.5. The maximum absolute atomic E-state index is 13.4. The minimum Gasteiger partial charge on any atom is -0.300 e. The first kappa shape index (κ1) is 27.0. The zero-order valence-corrected chi connectivity index (χ0v) is 22.3. The van der Waals surface area contributed by atoms with Gasteiger partial charge in [0.05, 0.1) is 6.42 Å². The predicted octanol–water partition coefficient (Wildman–Crippen LogP) is 7.74. The van der Waals surface area contributed by atoms with Gasteiger partial charge in [0.1, 0.15) is 11.6 Å². The number of fused-ring (bicyclic) bond motifs is 1. The monoisotopic (exact) mass is 474 g/mol. The molecule has 3 atom stereocenters. The highest BCUT2D eigenvalue weighted by molar-refractivity contribution is 6.02. The van der Waals surface area contributed by atoms with Gasteiger partial charge in [0.25, 0.3) is 0 Å². The first-order valence-corrected chi connectivity index (χ1v) is 13.6. The van der Waals surface area contributed by atoms with Crippen molar-refractivity contribution in [2.45, 2.75) is 92.4 Å². The van der Waals surface area contributed by atoms with Gasteiger partial charge in [-0.05, 0) is 79.2 Å². The molecule has 3 unspecified atom stereocenters. The fourth-order valence-electron chi connectivity index (χ4n) is 6.15. The van der Waals surface area contributed by atoms with Crippen molar-refractivity contribution in [2.75, 3.05) is 0 Å². The lowest BCUT2D eigenvalue weighted by Crippen LogP contribution is -2.30. The van der Waals surface area contributed by atoms with Crippen LogP contribution in [0.1, 0.15) is 99.7 Å². The molecule has 188 valence electrons. The first-order chi connectivity index (χ1) is 16.8. The van der Waals surface area contributed by atoms with Crippen LogP contribution in [0.15, 0.2) is 36.4 Å². The standard InChI is InChI=1S/C32H42O3/c1-6-9-23-12-14-25(15-13-23)28-16-11-21(4)32-29(28)19-24(20-31(32)35)18-26(10-7-2)27(8-3)30(34)17-22(5)33/h11-16,24,26-27H,6-10,17-20H2,1-5H3. The maximum Gasteiger partial charge on any atom is 0.163 e. The summed E-state index contributed by atoms with van der Waals surface area (Å²) < 4.78 is 0. The van der Waals surface area contributed by atoms with E-state index >= 15 is 0 Å². The molecule has 2 aromatic carbocycles. The molecule has 0 aliphatic heterocycles. The van der Waals surface area contributed by atoms with Gasteiger partial charge in [0.2, 0.25) is 0 Å². The largest absolute Gasteiger partial charge is 0.300 e. The number of rotatable bonds is 12. The van der Waals surface area contributed by atoms with Crippen LogP contribution in [0.2, 0.25) is 0 Å². The third kappa shape index (κ3) is 6.57. The van der Waals surface area contributed by atoms with E-state index in [1.807, 2.05) is 6.92 Å². The van der Waals surface area contributed by atoms with Crippen molar-refractivity contribution in [3.63, 3.8) is 0 Å². The highest BCUT2D eigenvalue weighted by atomic mass is 16.1. The van der Waals surface area contributed by atoms with Crippen LogP contribution in [0.5, 0.6) is 0 Å². The molecule has 0 saturated heterocycles. The van der Waals surface area contributed by atoms with Gasteiger partial charge in [-0.15, -0.1) is 0 Å². The van der Waals surface area contributed by atoms with E-state index < -0.39 is 0 Å². The summed E-state index contributed by atoms with van der Waals surface area (Å²) in [4.78, 5) is 37.9. The molecule has 0 bridgehead atoms. The van der Waals surface area contributed by atoms with Gasteiger partial charge >= 0.3 is 0 Å². The fourth-order valence-corrected chi connectivity index (χ4v) is 6.15. The number of hydrogen-bond acceptors (Lipinski definition) is 3. The molecule has 3 rings (SSSR count). The van der Waals surface area contributed by atoms with Crippen molar-refractivity contribution < 1.29 is 14.4 Å². The lowest BCUT2D eigenvalue weighted by Gasteiger charge is -2.32. The number of aryl methyl sites for hydroxylation is 2. The van der Waals surface area contributed by atoms with Crippen molar-refractivity contribution in [1.29, 1.82) is 0 Å². The molecule has 0 heterocycles. The van der Waals surface area contributed by atoms with Crippen LogP contribution >= 0.6 is 0 Å². The lowest BCUT2D eigenvalue weighted by molar-refractivity contribution is -0.129. The molecule has 0 fully saturated rings. The molecular formula is C32H42O3. The van der Waals surface area contributed by atoms with Crippen LogP contribution < -0.4 is 0 Å².